The number of methoxy groups -OCH3 is 1. The summed E-state index contributed by atoms with van der Waals surface area (Å²) in [4.78, 5) is 4.31. The molecule has 0 aliphatic rings. The Labute approximate surface area is 166 Å². The molecule has 0 amide bonds. The van der Waals surface area contributed by atoms with Gasteiger partial charge in [0.25, 0.3) is 0 Å². The van der Waals surface area contributed by atoms with Crippen molar-refractivity contribution in [1.29, 1.82) is 0 Å². The van der Waals surface area contributed by atoms with Gasteiger partial charge in [-0.05, 0) is 42.0 Å². The van der Waals surface area contributed by atoms with Crippen molar-refractivity contribution >= 4 is 15.9 Å². The lowest BCUT2D eigenvalue weighted by molar-refractivity contribution is 0.280. The SMILES string of the molecule is COc1ccc(Br)c(CNCc2ccccn2)c1OCc1ccc(F)cc1. The minimum Gasteiger partial charge on any atom is -0.493 e. The van der Waals surface area contributed by atoms with Gasteiger partial charge in [-0.3, -0.25) is 4.98 Å². The summed E-state index contributed by atoms with van der Waals surface area (Å²) in [5.74, 6) is 1.04. The molecule has 3 aromatic rings. The summed E-state index contributed by atoms with van der Waals surface area (Å²) < 4.78 is 25.5. The number of nitrogens with one attached hydrogen (secondary N) is 1. The topological polar surface area (TPSA) is 43.4 Å². The molecule has 1 N–H and O–H groups in total. The van der Waals surface area contributed by atoms with E-state index in [0.29, 0.717) is 31.2 Å². The van der Waals surface area contributed by atoms with Gasteiger partial charge in [-0.1, -0.05) is 34.1 Å². The number of hydrogen-bond donors (Lipinski definition) is 1. The van der Waals surface area contributed by atoms with Crippen LogP contribution in [0.3, 0.4) is 0 Å². The van der Waals surface area contributed by atoms with E-state index in [1.54, 1.807) is 25.4 Å². The second kappa shape index (κ2) is 9.48. The molecule has 6 heteroatoms. The molecule has 3 rings (SSSR count). The lowest BCUT2D eigenvalue weighted by Crippen LogP contribution is -2.15. The van der Waals surface area contributed by atoms with E-state index in [4.69, 9.17) is 9.47 Å². The first kappa shape index (κ1) is 19.3. The summed E-state index contributed by atoms with van der Waals surface area (Å²) in [6.07, 6.45) is 1.77. The van der Waals surface area contributed by atoms with Gasteiger partial charge in [0.05, 0.1) is 12.8 Å². The Morgan fingerprint density at radius 1 is 1.04 bits per heavy atom. The molecule has 4 nitrogen and oxygen atoms in total. The highest BCUT2D eigenvalue weighted by Gasteiger charge is 2.15. The average Bonchev–Trinajstić information content (AvgIpc) is 2.70. The Morgan fingerprint density at radius 2 is 1.85 bits per heavy atom. The van der Waals surface area contributed by atoms with Gasteiger partial charge >= 0.3 is 0 Å². The maximum absolute atomic E-state index is 13.1. The van der Waals surface area contributed by atoms with Crippen LogP contribution in [0.15, 0.2) is 65.3 Å². The van der Waals surface area contributed by atoms with Gasteiger partial charge in [0.15, 0.2) is 11.5 Å². The van der Waals surface area contributed by atoms with Crippen LogP contribution in [0.1, 0.15) is 16.8 Å². The highest BCUT2D eigenvalue weighted by molar-refractivity contribution is 9.10. The summed E-state index contributed by atoms with van der Waals surface area (Å²) in [7, 11) is 1.61. The first-order chi connectivity index (χ1) is 13.2. The van der Waals surface area contributed by atoms with Gasteiger partial charge in [-0.25, -0.2) is 4.39 Å². The Morgan fingerprint density at radius 3 is 2.56 bits per heavy atom. The Balaban J connectivity index is 1.74. The van der Waals surface area contributed by atoms with Crippen molar-refractivity contribution in [3.63, 3.8) is 0 Å². The van der Waals surface area contributed by atoms with Crippen LogP contribution in [-0.4, -0.2) is 12.1 Å². The van der Waals surface area contributed by atoms with E-state index in [1.165, 1.54) is 12.1 Å². The van der Waals surface area contributed by atoms with E-state index in [1.807, 2.05) is 30.3 Å². The molecule has 1 aromatic heterocycles. The monoisotopic (exact) mass is 430 g/mol. The lowest BCUT2D eigenvalue weighted by Gasteiger charge is -2.17. The quantitative estimate of drug-likeness (QED) is 0.553. The molecular formula is C21H20BrFN2O2. The molecule has 0 saturated carbocycles. The van der Waals surface area contributed by atoms with Crippen molar-refractivity contribution in [1.82, 2.24) is 10.3 Å². The van der Waals surface area contributed by atoms with E-state index in [2.05, 4.69) is 26.2 Å². The molecule has 140 valence electrons. The smallest absolute Gasteiger partial charge is 0.167 e. The molecule has 0 fully saturated rings. The number of pyridine rings is 1. The van der Waals surface area contributed by atoms with E-state index in [0.717, 1.165) is 21.3 Å². The minimum atomic E-state index is -0.266. The minimum absolute atomic E-state index is 0.266. The molecule has 0 saturated heterocycles. The largest absolute Gasteiger partial charge is 0.493 e. The number of hydrogen-bond acceptors (Lipinski definition) is 4. The van der Waals surface area contributed by atoms with Crippen molar-refractivity contribution in [2.75, 3.05) is 7.11 Å². The predicted molar refractivity (Wildman–Crippen MR) is 106 cm³/mol. The lowest BCUT2D eigenvalue weighted by atomic mass is 10.1. The van der Waals surface area contributed by atoms with Crippen LogP contribution in [0.5, 0.6) is 11.5 Å². The summed E-state index contributed by atoms with van der Waals surface area (Å²) in [6, 6.07) is 15.9. The van der Waals surface area contributed by atoms with Crippen LogP contribution in [-0.2, 0) is 19.7 Å². The number of halogens is 2. The van der Waals surface area contributed by atoms with E-state index in [9.17, 15) is 4.39 Å². The fourth-order valence-corrected chi connectivity index (χ4v) is 3.07. The van der Waals surface area contributed by atoms with Gasteiger partial charge in [-0.15, -0.1) is 0 Å². The fraction of sp³-hybridized carbons (Fsp3) is 0.190. The van der Waals surface area contributed by atoms with E-state index >= 15 is 0 Å². The van der Waals surface area contributed by atoms with Gasteiger partial charge in [0.1, 0.15) is 12.4 Å². The molecule has 0 unspecified atom stereocenters. The van der Waals surface area contributed by atoms with Crippen LogP contribution in [0.4, 0.5) is 4.39 Å². The molecule has 27 heavy (non-hydrogen) atoms. The first-order valence-electron chi connectivity index (χ1n) is 8.50. The molecule has 1 heterocycles. The van der Waals surface area contributed by atoms with Crippen LogP contribution >= 0.6 is 15.9 Å². The first-order valence-corrected chi connectivity index (χ1v) is 9.30. The summed E-state index contributed by atoms with van der Waals surface area (Å²) in [5, 5.41) is 3.38. The third kappa shape index (κ3) is 5.28. The summed E-state index contributed by atoms with van der Waals surface area (Å²) in [5.41, 5.74) is 2.79. The molecule has 0 aliphatic heterocycles. The highest BCUT2D eigenvalue weighted by Crippen LogP contribution is 2.36. The third-order valence-electron chi connectivity index (χ3n) is 4.02. The predicted octanol–water partition coefficient (Wildman–Crippen LogP) is 4.86. The molecule has 2 aromatic carbocycles. The number of benzene rings is 2. The van der Waals surface area contributed by atoms with Crippen LogP contribution in [0.2, 0.25) is 0 Å². The maximum Gasteiger partial charge on any atom is 0.167 e. The van der Waals surface area contributed by atoms with Crippen LogP contribution in [0, 0.1) is 5.82 Å². The van der Waals surface area contributed by atoms with Gasteiger partial charge in [-0.2, -0.15) is 0 Å². The molecule has 0 bridgehead atoms. The zero-order valence-electron chi connectivity index (χ0n) is 14.9. The summed E-state index contributed by atoms with van der Waals surface area (Å²) in [6.45, 7) is 1.54. The highest BCUT2D eigenvalue weighted by atomic mass is 79.9. The van der Waals surface area contributed by atoms with Crippen molar-refractivity contribution in [2.45, 2.75) is 19.7 Å². The molecule has 0 aliphatic carbocycles. The van der Waals surface area contributed by atoms with Crippen LogP contribution in [0.25, 0.3) is 0 Å². The summed E-state index contributed by atoms with van der Waals surface area (Å²) >= 11 is 3.59. The average molecular weight is 431 g/mol. The Hall–Kier alpha value is -2.44. The molecule has 0 radical (unpaired) electrons. The van der Waals surface area contributed by atoms with E-state index < -0.39 is 0 Å². The molecule has 0 spiro atoms. The standard InChI is InChI=1S/C21H20BrFN2O2/c1-26-20-10-9-19(22)18(13-24-12-17-4-2-3-11-25-17)21(20)27-14-15-5-7-16(23)8-6-15/h2-11,24H,12-14H2,1H3. The normalized spacial score (nSPS) is 10.6. The molecular weight excluding hydrogens is 411 g/mol. The zero-order chi connectivity index (χ0) is 19.1. The Bertz CT molecular complexity index is 873. The maximum atomic E-state index is 13.1. The second-order valence-electron chi connectivity index (χ2n) is 5.90. The van der Waals surface area contributed by atoms with Gasteiger partial charge in [0.2, 0.25) is 0 Å². The zero-order valence-corrected chi connectivity index (χ0v) is 16.5. The van der Waals surface area contributed by atoms with Crippen molar-refractivity contribution in [3.05, 3.63) is 87.9 Å². The number of rotatable bonds is 8. The number of ether oxygens (including phenoxy) is 2. The van der Waals surface area contributed by atoms with Crippen LogP contribution < -0.4 is 14.8 Å². The fourth-order valence-electron chi connectivity index (χ4n) is 2.62. The number of nitrogens with zero attached hydrogens (tertiary/aromatic N) is 1. The van der Waals surface area contributed by atoms with Crippen molar-refractivity contribution in [2.24, 2.45) is 0 Å². The second-order valence-corrected chi connectivity index (χ2v) is 6.75. The van der Waals surface area contributed by atoms with Crippen molar-refractivity contribution < 1.29 is 13.9 Å². The van der Waals surface area contributed by atoms with Gasteiger partial charge in [0, 0.05) is 29.3 Å². The number of aromatic nitrogens is 1. The molecule has 0 atom stereocenters. The van der Waals surface area contributed by atoms with Gasteiger partial charge < -0.3 is 14.8 Å². The Kier molecular flexibility index (Phi) is 6.79. The van der Waals surface area contributed by atoms with E-state index in [-0.39, 0.29) is 5.82 Å². The third-order valence-corrected chi connectivity index (χ3v) is 4.76. The van der Waals surface area contributed by atoms with Crippen molar-refractivity contribution in [3.8, 4) is 11.5 Å².